The van der Waals surface area contributed by atoms with Crippen molar-refractivity contribution in [3.63, 3.8) is 0 Å². The molecule has 142 valence electrons. The lowest BCUT2D eigenvalue weighted by atomic mass is 9.93. The molecule has 0 aromatic carbocycles. The van der Waals surface area contributed by atoms with Gasteiger partial charge in [0, 0.05) is 6.04 Å². The van der Waals surface area contributed by atoms with Crippen LogP contribution in [-0.4, -0.2) is 77.0 Å². The molecule has 10 nitrogen and oxygen atoms in total. The summed E-state index contributed by atoms with van der Waals surface area (Å²) < 4.78 is 7.09. The summed E-state index contributed by atoms with van der Waals surface area (Å²) in [4.78, 5) is 12.9. The van der Waals surface area contributed by atoms with Gasteiger partial charge in [-0.3, -0.25) is 4.57 Å². The number of rotatable bonds is 4. The minimum atomic E-state index is -1.20. The lowest BCUT2D eigenvalue weighted by molar-refractivity contribution is -0.0511. The highest BCUT2D eigenvalue weighted by atomic mass is 16.6. The van der Waals surface area contributed by atoms with Crippen LogP contribution in [0.3, 0.4) is 0 Å². The van der Waals surface area contributed by atoms with Gasteiger partial charge in [0.1, 0.15) is 24.6 Å². The van der Waals surface area contributed by atoms with Gasteiger partial charge in [-0.15, -0.1) is 0 Å². The number of fused-ring (bicyclic) bond motifs is 1. The molecule has 10 heteroatoms. The van der Waals surface area contributed by atoms with Crippen LogP contribution in [0.5, 0.6) is 0 Å². The fourth-order valence-corrected chi connectivity index (χ4v) is 3.67. The molecule has 0 unspecified atom stereocenters. The molecule has 0 radical (unpaired) electrons. The molecular formula is C16H23N5O5. The molecule has 0 bridgehead atoms. The first-order valence-corrected chi connectivity index (χ1v) is 8.83. The number of aliphatic hydroxyl groups excluding tert-OH is 4. The van der Waals surface area contributed by atoms with Crippen molar-refractivity contribution in [3.05, 3.63) is 12.7 Å². The Morgan fingerprint density at radius 2 is 1.85 bits per heavy atom. The van der Waals surface area contributed by atoms with Crippen LogP contribution in [0.1, 0.15) is 31.9 Å². The predicted octanol–water partition coefficient (Wildman–Crippen LogP) is -0.847. The van der Waals surface area contributed by atoms with Crippen molar-refractivity contribution >= 4 is 17.0 Å². The summed E-state index contributed by atoms with van der Waals surface area (Å²) in [6, 6.07) is 0.204. The van der Waals surface area contributed by atoms with Crippen molar-refractivity contribution < 1.29 is 25.2 Å². The van der Waals surface area contributed by atoms with Crippen LogP contribution >= 0.6 is 0 Å². The van der Waals surface area contributed by atoms with Crippen LogP contribution in [0.2, 0.25) is 0 Å². The summed E-state index contributed by atoms with van der Waals surface area (Å²) in [5.41, 5.74) is 1.00. The van der Waals surface area contributed by atoms with E-state index in [1.807, 2.05) is 0 Å². The van der Waals surface area contributed by atoms with E-state index in [2.05, 4.69) is 20.3 Å². The number of hydrogen-bond donors (Lipinski definition) is 5. The van der Waals surface area contributed by atoms with Crippen LogP contribution in [-0.2, 0) is 4.74 Å². The fraction of sp³-hybridized carbons (Fsp3) is 0.688. The van der Waals surface area contributed by atoms with Gasteiger partial charge in [-0.1, -0.05) is 0 Å². The van der Waals surface area contributed by atoms with Crippen LogP contribution in [0.4, 0.5) is 5.82 Å². The molecular weight excluding hydrogens is 342 g/mol. The van der Waals surface area contributed by atoms with E-state index in [-0.39, 0.29) is 12.1 Å². The molecule has 1 saturated heterocycles. The number of anilines is 1. The monoisotopic (exact) mass is 365 g/mol. The van der Waals surface area contributed by atoms with Gasteiger partial charge in [-0.05, 0) is 25.7 Å². The first-order chi connectivity index (χ1) is 12.6. The zero-order chi connectivity index (χ0) is 18.3. The largest absolute Gasteiger partial charge is 0.394 e. The molecule has 1 aliphatic carbocycles. The molecule has 2 aromatic rings. The minimum Gasteiger partial charge on any atom is -0.394 e. The summed E-state index contributed by atoms with van der Waals surface area (Å²) in [5.74, 6) is 0.585. The van der Waals surface area contributed by atoms with E-state index in [4.69, 9.17) is 4.74 Å². The van der Waals surface area contributed by atoms with Gasteiger partial charge in [0.2, 0.25) is 0 Å². The molecule has 5 N–H and O–H groups in total. The van der Waals surface area contributed by atoms with E-state index in [9.17, 15) is 20.4 Å². The Kier molecular flexibility index (Phi) is 4.76. The Morgan fingerprint density at radius 1 is 1.08 bits per heavy atom. The van der Waals surface area contributed by atoms with Crippen LogP contribution < -0.4 is 5.32 Å². The third kappa shape index (κ3) is 3.03. The van der Waals surface area contributed by atoms with Gasteiger partial charge in [-0.2, -0.15) is 0 Å². The highest BCUT2D eigenvalue weighted by Crippen LogP contribution is 2.32. The Hall–Kier alpha value is -1.85. The smallest absolute Gasteiger partial charge is 0.167 e. The average molecular weight is 365 g/mol. The number of ether oxygens (including phenoxy) is 1. The second-order valence-corrected chi connectivity index (χ2v) is 6.92. The van der Waals surface area contributed by atoms with E-state index in [1.165, 1.54) is 17.2 Å². The first-order valence-electron chi connectivity index (χ1n) is 8.83. The molecule has 1 saturated carbocycles. The van der Waals surface area contributed by atoms with Gasteiger partial charge in [0.25, 0.3) is 0 Å². The highest BCUT2D eigenvalue weighted by molar-refractivity contribution is 5.82. The van der Waals surface area contributed by atoms with Gasteiger partial charge in [-0.25, -0.2) is 15.0 Å². The second kappa shape index (κ2) is 7.05. The van der Waals surface area contributed by atoms with Gasteiger partial charge in [0.05, 0.1) is 19.0 Å². The maximum absolute atomic E-state index is 10.2. The number of nitrogens with one attached hydrogen (secondary N) is 1. The summed E-state index contributed by atoms with van der Waals surface area (Å²) in [6.07, 6.45) is 1.73. The van der Waals surface area contributed by atoms with Crippen LogP contribution in [0.15, 0.2) is 12.7 Å². The Morgan fingerprint density at radius 3 is 2.54 bits per heavy atom. The van der Waals surface area contributed by atoms with E-state index < -0.39 is 31.1 Å². The second-order valence-electron chi connectivity index (χ2n) is 6.92. The van der Waals surface area contributed by atoms with Crippen molar-refractivity contribution in [1.82, 2.24) is 19.5 Å². The number of aromatic nitrogens is 4. The van der Waals surface area contributed by atoms with E-state index >= 15 is 0 Å². The van der Waals surface area contributed by atoms with Crippen molar-refractivity contribution in [3.8, 4) is 0 Å². The molecule has 26 heavy (non-hydrogen) atoms. The van der Waals surface area contributed by atoms with Gasteiger partial charge >= 0.3 is 0 Å². The molecule has 1 aliphatic heterocycles. The Bertz CT molecular complexity index is 763. The fourth-order valence-electron chi connectivity index (χ4n) is 3.67. The molecule has 2 aliphatic rings. The SMILES string of the molecule is OC[C@H]1O[C@@H](n2cnc3c(NC4CCC(O)CC4)ncnc32)[C@@H](O)[C@H]1O. The average Bonchev–Trinajstić information content (AvgIpc) is 3.19. The molecule has 4 atom stereocenters. The quantitative estimate of drug-likeness (QED) is 0.468. The van der Waals surface area contributed by atoms with Crippen molar-refractivity contribution in [1.29, 1.82) is 0 Å². The molecule has 2 aromatic heterocycles. The topological polar surface area (TPSA) is 146 Å². The lowest BCUT2D eigenvalue weighted by Gasteiger charge is -2.26. The number of aliphatic hydroxyl groups is 4. The Labute approximate surface area is 149 Å². The summed E-state index contributed by atoms with van der Waals surface area (Å²) in [7, 11) is 0. The molecule has 4 rings (SSSR count). The molecule has 3 heterocycles. The van der Waals surface area contributed by atoms with Crippen molar-refractivity contribution in [2.75, 3.05) is 11.9 Å². The Balaban J connectivity index is 1.59. The normalized spacial score (nSPS) is 35.1. The third-order valence-corrected chi connectivity index (χ3v) is 5.19. The molecule has 2 fully saturated rings. The third-order valence-electron chi connectivity index (χ3n) is 5.19. The van der Waals surface area contributed by atoms with Crippen LogP contribution in [0, 0.1) is 0 Å². The maximum Gasteiger partial charge on any atom is 0.167 e. The number of imidazole rings is 1. The summed E-state index contributed by atoms with van der Waals surface area (Å²) in [5, 5.41) is 42.4. The van der Waals surface area contributed by atoms with E-state index in [0.717, 1.165) is 25.7 Å². The van der Waals surface area contributed by atoms with Gasteiger partial charge in [0.15, 0.2) is 23.2 Å². The van der Waals surface area contributed by atoms with Crippen molar-refractivity contribution in [2.24, 2.45) is 0 Å². The maximum atomic E-state index is 10.2. The minimum absolute atomic E-state index is 0.204. The number of nitrogens with zero attached hydrogens (tertiary/aromatic N) is 4. The van der Waals surface area contributed by atoms with E-state index in [0.29, 0.717) is 17.0 Å². The molecule has 0 amide bonds. The predicted molar refractivity (Wildman–Crippen MR) is 90.2 cm³/mol. The molecule has 0 spiro atoms. The van der Waals surface area contributed by atoms with Crippen LogP contribution in [0.25, 0.3) is 11.2 Å². The summed E-state index contributed by atoms with van der Waals surface area (Å²) >= 11 is 0. The van der Waals surface area contributed by atoms with Crippen molar-refractivity contribution in [2.45, 2.75) is 62.4 Å². The standard InChI is InChI=1S/C16H23N5O5/c22-5-10-12(24)13(25)16(26-10)21-7-19-11-14(17-6-18-15(11)21)20-8-1-3-9(23)4-2-8/h6-10,12-13,16,22-25H,1-5H2,(H,17,18,20)/t8?,9?,10-,12+,13+,16-/m1/s1. The van der Waals surface area contributed by atoms with E-state index in [1.54, 1.807) is 0 Å². The number of hydrogen-bond acceptors (Lipinski definition) is 9. The lowest BCUT2D eigenvalue weighted by Crippen LogP contribution is -2.33. The zero-order valence-corrected chi connectivity index (χ0v) is 14.1. The summed E-state index contributed by atoms with van der Waals surface area (Å²) in [6.45, 7) is -0.392. The highest BCUT2D eigenvalue weighted by Gasteiger charge is 2.44. The first kappa shape index (κ1) is 17.6. The zero-order valence-electron chi connectivity index (χ0n) is 14.1. The van der Waals surface area contributed by atoms with Gasteiger partial charge < -0.3 is 30.5 Å².